The lowest BCUT2D eigenvalue weighted by atomic mass is 10.2. The van der Waals surface area contributed by atoms with Gasteiger partial charge in [-0.1, -0.05) is 5.21 Å². The Morgan fingerprint density at radius 1 is 1.50 bits per heavy atom. The number of urea groups is 1. The van der Waals surface area contributed by atoms with Crippen LogP contribution in [0.3, 0.4) is 0 Å². The van der Waals surface area contributed by atoms with Crippen molar-refractivity contribution in [2.75, 3.05) is 13.1 Å². The Bertz CT molecular complexity index is 419. The number of carbonyl (C=O) groups excluding carboxylic acids is 1. The molecule has 2 N–H and O–H groups in total. The van der Waals surface area contributed by atoms with E-state index >= 15 is 0 Å². The first kappa shape index (κ1) is 12.3. The largest absolute Gasteiger partial charge is 0.480 e. The third-order valence-corrected chi connectivity index (χ3v) is 2.89. The summed E-state index contributed by atoms with van der Waals surface area (Å²) in [5, 5.41) is 19.1. The maximum Gasteiger partial charge on any atom is 0.326 e. The van der Waals surface area contributed by atoms with Crippen LogP contribution in [0, 0.1) is 0 Å². The molecule has 1 aromatic rings. The maximum atomic E-state index is 11.8. The standard InChI is InChI=1S/C10H15N5O3/c16-9(17)8-2-1-5-15(8)10(18)11-3-6-14-7-4-12-13-14/h4,7-8H,1-3,5-6H2,(H,11,18)(H,16,17)/t8-/m0/s1. The zero-order valence-electron chi connectivity index (χ0n) is 9.82. The molecule has 0 radical (unpaired) electrons. The van der Waals surface area contributed by atoms with Crippen LogP contribution in [0.5, 0.6) is 0 Å². The molecule has 1 aliphatic heterocycles. The Hall–Kier alpha value is -2.12. The van der Waals surface area contributed by atoms with Gasteiger partial charge in [-0.2, -0.15) is 0 Å². The average molecular weight is 253 g/mol. The van der Waals surface area contributed by atoms with Gasteiger partial charge in [0.15, 0.2) is 0 Å². The number of carboxylic acid groups (broad SMARTS) is 1. The Morgan fingerprint density at radius 2 is 2.33 bits per heavy atom. The van der Waals surface area contributed by atoms with E-state index < -0.39 is 12.0 Å². The molecule has 1 aromatic heterocycles. The number of amides is 2. The second-order valence-electron chi connectivity index (χ2n) is 4.09. The molecule has 0 spiro atoms. The van der Waals surface area contributed by atoms with Crippen molar-refractivity contribution in [3.05, 3.63) is 12.4 Å². The predicted octanol–water partition coefficient (Wildman–Crippen LogP) is -0.463. The van der Waals surface area contributed by atoms with Crippen LogP contribution in [0.15, 0.2) is 12.4 Å². The van der Waals surface area contributed by atoms with Crippen molar-refractivity contribution in [3.8, 4) is 0 Å². The highest BCUT2D eigenvalue weighted by Gasteiger charge is 2.33. The zero-order valence-corrected chi connectivity index (χ0v) is 9.82. The van der Waals surface area contributed by atoms with Gasteiger partial charge < -0.3 is 15.3 Å². The number of aliphatic carboxylic acids is 1. The number of hydrogen-bond acceptors (Lipinski definition) is 4. The topological polar surface area (TPSA) is 100 Å². The van der Waals surface area contributed by atoms with E-state index in [-0.39, 0.29) is 6.03 Å². The minimum Gasteiger partial charge on any atom is -0.480 e. The molecular formula is C10H15N5O3. The highest BCUT2D eigenvalue weighted by atomic mass is 16.4. The summed E-state index contributed by atoms with van der Waals surface area (Å²) in [4.78, 5) is 24.1. The first-order chi connectivity index (χ1) is 8.68. The quantitative estimate of drug-likeness (QED) is 0.756. The van der Waals surface area contributed by atoms with E-state index in [0.29, 0.717) is 26.1 Å². The van der Waals surface area contributed by atoms with E-state index in [1.54, 1.807) is 17.1 Å². The predicted molar refractivity (Wildman–Crippen MR) is 60.8 cm³/mol. The van der Waals surface area contributed by atoms with Crippen LogP contribution in [-0.4, -0.2) is 56.1 Å². The van der Waals surface area contributed by atoms with Crippen LogP contribution >= 0.6 is 0 Å². The highest BCUT2D eigenvalue weighted by Crippen LogP contribution is 2.16. The monoisotopic (exact) mass is 253 g/mol. The van der Waals surface area contributed by atoms with Crippen LogP contribution < -0.4 is 5.32 Å². The molecule has 1 atom stereocenters. The van der Waals surface area contributed by atoms with E-state index in [1.807, 2.05) is 0 Å². The zero-order chi connectivity index (χ0) is 13.0. The smallest absolute Gasteiger partial charge is 0.326 e. The summed E-state index contributed by atoms with van der Waals surface area (Å²) < 4.78 is 1.60. The van der Waals surface area contributed by atoms with Crippen molar-refractivity contribution < 1.29 is 14.7 Å². The lowest BCUT2D eigenvalue weighted by Crippen LogP contribution is -2.46. The lowest BCUT2D eigenvalue weighted by Gasteiger charge is -2.21. The van der Waals surface area contributed by atoms with Crippen LogP contribution in [0.1, 0.15) is 12.8 Å². The minimum absolute atomic E-state index is 0.333. The van der Waals surface area contributed by atoms with E-state index in [1.165, 1.54) is 4.90 Å². The average Bonchev–Trinajstić information content (AvgIpc) is 2.99. The molecule has 0 aromatic carbocycles. The first-order valence-corrected chi connectivity index (χ1v) is 5.80. The highest BCUT2D eigenvalue weighted by molar-refractivity contribution is 5.83. The number of carboxylic acids is 1. The SMILES string of the molecule is O=C(O)[C@@H]1CCCN1C(=O)NCCn1ccnn1. The molecular weight excluding hydrogens is 238 g/mol. The Kier molecular flexibility index (Phi) is 3.75. The number of carbonyl (C=O) groups is 2. The van der Waals surface area contributed by atoms with Gasteiger partial charge in [0.05, 0.1) is 12.7 Å². The molecule has 1 saturated heterocycles. The summed E-state index contributed by atoms with van der Waals surface area (Å²) in [7, 11) is 0. The molecule has 2 amide bonds. The van der Waals surface area contributed by atoms with E-state index in [9.17, 15) is 9.59 Å². The van der Waals surface area contributed by atoms with E-state index in [4.69, 9.17) is 5.11 Å². The normalized spacial score (nSPS) is 18.9. The molecule has 1 fully saturated rings. The third kappa shape index (κ3) is 2.76. The Labute approximate surface area is 104 Å². The second-order valence-corrected chi connectivity index (χ2v) is 4.09. The first-order valence-electron chi connectivity index (χ1n) is 5.80. The number of likely N-dealkylation sites (tertiary alicyclic amines) is 1. The number of nitrogens with one attached hydrogen (secondary N) is 1. The van der Waals surface area contributed by atoms with Gasteiger partial charge in [-0.15, -0.1) is 5.10 Å². The second kappa shape index (κ2) is 5.48. The van der Waals surface area contributed by atoms with Crippen LogP contribution in [-0.2, 0) is 11.3 Å². The molecule has 0 unspecified atom stereocenters. The molecule has 2 heterocycles. The summed E-state index contributed by atoms with van der Waals surface area (Å²) in [5.41, 5.74) is 0. The van der Waals surface area contributed by atoms with Crippen LogP contribution in [0.25, 0.3) is 0 Å². The van der Waals surface area contributed by atoms with Crippen molar-refractivity contribution in [1.82, 2.24) is 25.2 Å². The summed E-state index contributed by atoms with van der Waals surface area (Å²) in [5.74, 6) is -0.945. The molecule has 0 bridgehead atoms. The van der Waals surface area contributed by atoms with Gasteiger partial charge >= 0.3 is 12.0 Å². The molecule has 1 aliphatic rings. The number of hydrogen-bond donors (Lipinski definition) is 2. The van der Waals surface area contributed by atoms with Gasteiger partial charge in [0, 0.05) is 19.3 Å². The molecule has 0 aliphatic carbocycles. The molecule has 2 rings (SSSR count). The van der Waals surface area contributed by atoms with Crippen LogP contribution in [0.2, 0.25) is 0 Å². The van der Waals surface area contributed by atoms with E-state index in [2.05, 4.69) is 15.6 Å². The molecule has 8 nitrogen and oxygen atoms in total. The Balaban J connectivity index is 1.79. The maximum absolute atomic E-state index is 11.8. The van der Waals surface area contributed by atoms with Crippen molar-refractivity contribution >= 4 is 12.0 Å². The Morgan fingerprint density at radius 3 is 3.00 bits per heavy atom. The molecule has 0 saturated carbocycles. The van der Waals surface area contributed by atoms with Gasteiger partial charge in [0.2, 0.25) is 0 Å². The fourth-order valence-corrected chi connectivity index (χ4v) is 2.00. The van der Waals surface area contributed by atoms with Gasteiger partial charge in [-0.3, -0.25) is 4.68 Å². The summed E-state index contributed by atoms with van der Waals surface area (Å²) >= 11 is 0. The van der Waals surface area contributed by atoms with Crippen LogP contribution in [0.4, 0.5) is 4.79 Å². The lowest BCUT2D eigenvalue weighted by molar-refractivity contribution is -0.141. The number of rotatable bonds is 4. The van der Waals surface area contributed by atoms with Crippen molar-refractivity contribution in [2.45, 2.75) is 25.4 Å². The van der Waals surface area contributed by atoms with E-state index in [0.717, 1.165) is 6.42 Å². The molecule has 18 heavy (non-hydrogen) atoms. The van der Waals surface area contributed by atoms with Gasteiger partial charge in [0.1, 0.15) is 6.04 Å². The summed E-state index contributed by atoms with van der Waals surface area (Å²) in [6.45, 7) is 1.40. The molecule has 98 valence electrons. The number of aromatic nitrogens is 3. The van der Waals surface area contributed by atoms with Crippen molar-refractivity contribution in [3.63, 3.8) is 0 Å². The third-order valence-electron chi connectivity index (χ3n) is 2.89. The summed E-state index contributed by atoms with van der Waals surface area (Å²) in [6, 6.07) is -1.03. The van der Waals surface area contributed by atoms with Gasteiger partial charge in [0.25, 0.3) is 0 Å². The molecule has 8 heteroatoms. The number of nitrogens with zero attached hydrogens (tertiary/aromatic N) is 4. The minimum atomic E-state index is -0.945. The van der Waals surface area contributed by atoms with Gasteiger partial charge in [-0.25, -0.2) is 9.59 Å². The summed E-state index contributed by atoms with van der Waals surface area (Å²) in [6.07, 6.45) is 4.50. The van der Waals surface area contributed by atoms with Crippen molar-refractivity contribution in [2.24, 2.45) is 0 Å². The fourth-order valence-electron chi connectivity index (χ4n) is 2.00. The van der Waals surface area contributed by atoms with Crippen molar-refractivity contribution in [1.29, 1.82) is 0 Å². The van der Waals surface area contributed by atoms with Gasteiger partial charge in [-0.05, 0) is 12.8 Å². The fraction of sp³-hybridized carbons (Fsp3) is 0.600.